The zero-order valence-electron chi connectivity index (χ0n) is 10.8. The molecule has 1 heterocycles. The molecular formula is C12H10ClN3O5. The molecule has 21 heavy (non-hydrogen) atoms. The lowest BCUT2D eigenvalue weighted by molar-refractivity contribution is -0.386. The number of carbonyl (C=O) groups is 1. The van der Waals surface area contributed by atoms with Crippen LogP contribution >= 0.6 is 11.6 Å². The van der Waals surface area contributed by atoms with E-state index >= 15 is 0 Å². The van der Waals surface area contributed by atoms with E-state index in [4.69, 9.17) is 21.4 Å². The maximum atomic E-state index is 11.1. The minimum atomic E-state index is -1.31. The Morgan fingerprint density at radius 2 is 2.29 bits per heavy atom. The van der Waals surface area contributed by atoms with E-state index < -0.39 is 16.6 Å². The summed E-state index contributed by atoms with van der Waals surface area (Å²) in [6.07, 6.45) is 1.40. The summed E-state index contributed by atoms with van der Waals surface area (Å²) in [5, 5.41) is 20.4. The number of nitrogens with zero attached hydrogens (tertiary/aromatic N) is 3. The van der Waals surface area contributed by atoms with E-state index in [9.17, 15) is 14.9 Å². The second kappa shape index (κ2) is 5.80. The van der Waals surface area contributed by atoms with E-state index in [1.54, 1.807) is 7.05 Å². The van der Waals surface area contributed by atoms with Crippen molar-refractivity contribution in [2.45, 2.75) is 6.61 Å². The number of rotatable bonds is 5. The van der Waals surface area contributed by atoms with Gasteiger partial charge in [-0.15, -0.1) is 0 Å². The van der Waals surface area contributed by atoms with Crippen LogP contribution in [0.2, 0.25) is 5.15 Å². The molecule has 0 saturated carbocycles. The van der Waals surface area contributed by atoms with Crippen molar-refractivity contribution in [3.63, 3.8) is 0 Å². The summed E-state index contributed by atoms with van der Waals surface area (Å²) in [4.78, 5) is 25.4. The molecule has 1 aromatic carbocycles. The van der Waals surface area contributed by atoms with Crippen LogP contribution in [0, 0.1) is 10.1 Å². The molecule has 0 aliphatic heterocycles. The van der Waals surface area contributed by atoms with E-state index in [-0.39, 0.29) is 17.9 Å². The van der Waals surface area contributed by atoms with Crippen molar-refractivity contribution >= 4 is 23.3 Å². The van der Waals surface area contributed by atoms with Gasteiger partial charge in [-0.2, -0.15) is 0 Å². The van der Waals surface area contributed by atoms with E-state index in [0.717, 1.165) is 0 Å². The van der Waals surface area contributed by atoms with Crippen molar-refractivity contribution in [3.8, 4) is 5.75 Å². The van der Waals surface area contributed by atoms with E-state index in [0.29, 0.717) is 11.0 Å². The number of hydrogen-bond acceptors (Lipinski definition) is 5. The first-order chi connectivity index (χ1) is 9.91. The summed E-state index contributed by atoms with van der Waals surface area (Å²) in [5.74, 6) is -1.21. The average molecular weight is 312 g/mol. The number of halogens is 1. The lowest BCUT2D eigenvalue weighted by Crippen LogP contribution is -2.09. The molecule has 0 bridgehead atoms. The van der Waals surface area contributed by atoms with Gasteiger partial charge in [-0.25, -0.2) is 9.78 Å². The summed E-state index contributed by atoms with van der Waals surface area (Å²) in [6.45, 7) is -0.144. The van der Waals surface area contributed by atoms with Gasteiger partial charge in [-0.1, -0.05) is 17.7 Å². The number of imidazole rings is 1. The van der Waals surface area contributed by atoms with Gasteiger partial charge in [0.2, 0.25) is 5.75 Å². The number of carboxylic acids is 1. The fourth-order valence-electron chi connectivity index (χ4n) is 1.68. The maximum absolute atomic E-state index is 11.1. The standard InChI is InChI=1S/C12H10ClN3O5/c1-15-9(13)5-14-10(15)6-21-11-7(12(17)18)3-2-4-8(11)16(19)20/h2-5H,6H2,1H3,(H,17,18). The zero-order valence-corrected chi connectivity index (χ0v) is 11.6. The zero-order chi connectivity index (χ0) is 15.6. The molecule has 2 aromatic rings. The van der Waals surface area contributed by atoms with Gasteiger partial charge in [0.1, 0.15) is 23.1 Å². The highest BCUT2D eigenvalue weighted by atomic mass is 35.5. The molecule has 0 amide bonds. The molecule has 0 atom stereocenters. The van der Waals surface area contributed by atoms with Gasteiger partial charge in [-0.3, -0.25) is 10.1 Å². The Morgan fingerprint density at radius 3 is 2.81 bits per heavy atom. The predicted octanol–water partition coefficient (Wildman–Crippen LogP) is 2.26. The predicted molar refractivity (Wildman–Crippen MR) is 72.6 cm³/mol. The molecule has 1 N–H and O–H groups in total. The number of aromatic nitrogens is 2. The number of aromatic carboxylic acids is 1. The fourth-order valence-corrected chi connectivity index (χ4v) is 1.83. The molecule has 0 aliphatic rings. The summed E-state index contributed by atoms with van der Waals surface area (Å²) in [7, 11) is 1.64. The number of nitro groups is 1. The van der Waals surface area contributed by atoms with Crippen LogP contribution in [0.1, 0.15) is 16.2 Å². The van der Waals surface area contributed by atoms with Gasteiger partial charge in [0.15, 0.2) is 0 Å². The van der Waals surface area contributed by atoms with Crippen LogP contribution in [0.4, 0.5) is 5.69 Å². The molecule has 0 aliphatic carbocycles. The SMILES string of the molecule is Cn1c(Cl)cnc1COc1c(C(=O)O)cccc1[N+](=O)[O-]. The first-order valence-corrected chi connectivity index (χ1v) is 6.09. The summed E-state index contributed by atoms with van der Waals surface area (Å²) in [5.41, 5.74) is -0.709. The largest absolute Gasteiger partial charge is 0.478 e. The number of para-hydroxylation sites is 1. The van der Waals surface area contributed by atoms with Crippen LogP contribution < -0.4 is 4.74 Å². The van der Waals surface area contributed by atoms with Crippen LogP contribution in [0.25, 0.3) is 0 Å². The highest BCUT2D eigenvalue weighted by Crippen LogP contribution is 2.31. The first-order valence-electron chi connectivity index (χ1n) is 5.71. The maximum Gasteiger partial charge on any atom is 0.339 e. The Kier molecular flexibility index (Phi) is 4.08. The number of hydrogen-bond donors (Lipinski definition) is 1. The third kappa shape index (κ3) is 2.95. The molecule has 0 spiro atoms. The van der Waals surface area contributed by atoms with E-state index in [1.165, 1.54) is 29.0 Å². The molecule has 110 valence electrons. The topological polar surface area (TPSA) is 107 Å². The smallest absolute Gasteiger partial charge is 0.339 e. The second-order valence-corrected chi connectivity index (χ2v) is 4.45. The van der Waals surface area contributed by atoms with Crippen LogP contribution in [0.3, 0.4) is 0 Å². The minimum Gasteiger partial charge on any atom is -0.478 e. The normalized spacial score (nSPS) is 10.4. The highest BCUT2D eigenvalue weighted by Gasteiger charge is 2.23. The number of nitro benzene ring substituents is 1. The lowest BCUT2D eigenvalue weighted by Gasteiger charge is -2.09. The number of benzene rings is 1. The van der Waals surface area contributed by atoms with Gasteiger partial charge in [0.25, 0.3) is 0 Å². The minimum absolute atomic E-state index is 0.144. The second-order valence-electron chi connectivity index (χ2n) is 4.06. The number of ether oxygens (including phenoxy) is 1. The van der Waals surface area contributed by atoms with Gasteiger partial charge in [-0.05, 0) is 6.07 Å². The molecule has 0 fully saturated rings. The van der Waals surface area contributed by atoms with Crippen molar-refractivity contribution in [3.05, 3.63) is 51.1 Å². The third-order valence-electron chi connectivity index (χ3n) is 2.79. The Morgan fingerprint density at radius 1 is 1.57 bits per heavy atom. The van der Waals surface area contributed by atoms with Crippen LogP contribution in [-0.2, 0) is 13.7 Å². The molecule has 0 radical (unpaired) electrons. The molecule has 0 saturated heterocycles. The summed E-state index contributed by atoms with van der Waals surface area (Å²) in [6, 6.07) is 3.69. The molecule has 1 aromatic heterocycles. The van der Waals surface area contributed by atoms with Gasteiger partial charge in [0, 0.05) is 13.1 Å². The molecule has 2 rings (SSSR count). The first kappa shape index (κ1) is 14.8. The number of carboxylic acid groups (broad SMARTS) is 1. The Bertz CT molecular complexity index is 681. The van der Waals surface area contributed by atoms with Crippen molar-refractivity contribution in [1.29, 1.82) is 0 Å². The van der Waals surface area contributed by atoms with E-state index in [1.807, 2.05) is 0 Å². The van der Waals surface area contributed by atoms with Crippen molar-refractivity contribution in [1.82, 2.24) is 9.55 Å². The van der Waals surface area contributed by atoms with Gasteiger partial charge in [0.05, 0.1) is 11.1 Å². The quantitative estimate of drug-likeness (QED) is 0.670. The third-order valence-corrected chi connectivity index (χ3v) is 3.15. The molecule has 9 heteroatoms. The Labute approximate surface area is 123 Å². The monoisotopic (exact) mass is 311 g/mol. The van der Waals surface area contributed by atoms with Crippen LogP contribution in [0.5, 0.6) is 5.75 Å². The summed E-state index contributed by atoms with van der Waals surface area (Å²) < 4.78 is 6.83. The van der Waals surface area contributed by atoms with Crippen LogP contribution in [0.15, 0.2) is 24.4 Å². The average Bonchev–Trinajstić information content (AvgIpc) is 2.76. The van der Waals surface area contributed by atoms with Gasteiger partial charge >= 0.3 is 11.7 Å². The molecule has 8 nitrogen and oxygen atoms in total. The van der Waals surface area contributed by atoms with E-state index in [2.05, 4.69) is 4.98 Å². The molecular weight excluding hydrogens is 302 g/mol. The lowest BCUT2D eigenvalue weighted by atomic mass is 10.2. The van der Waals surface area contributed by atoms with Gasteiger partial charge < -0.3 is 14.4 Å². The highest BCUT2D eigenvalue weighted by molar-refractivity contribution is 6.29. The fraction of sp³-hybridized carbons (Fsp3) is 0.167. The Hall–Kier alpha value is -2.61. The summed E-state index contributed by atoms with van der Waals surface area (Å²) >= 11 is 5.82. The van der Waals surface area contributed by atoms with Crippen molar-refractivity contribution in [2.24, 2.45) is 7.05 Å². The van der Waals surface area contributed by atoms with Crippen molar-refractivity contribution < 1.29 is 19.6 Å². The molecule has 0 unspecified atom stereocenters. The van der Waals surface area contributed by atoms with Crippen molar-refractivity contribution in [2.75, 3.05) is 0 Å². The van der Waals surface area contributed by atoms with Crippen LogP contribution in [-0.4, -0.2) is 25.6 Å². The Balaban J connectivity index is 2.36.